The lowest BCUT2D eigenvalue weighted by atomic mass is 10.1. The number of morpholine rings is 1. The van der Waals surface area contributed by atoms with Gasteiger partial charge in [0.1, 0.15) is 10.6 Å². The molecule has 0 unspecified atom stereocenters. The number of carbonyl (C=O) groups is 1. The molecule has 2 N–H and O–H groups in total. The fourth-order valence-electron chi connectivity index (χ4n) is 5.72. The molecule has 2 aliphatic heterocycles. The summed E-state index contributed by atoms with van der Waals surface area (Å²) < 4.78 is 31.6. The molecule has 11 heteroatoms. The second-order valence-electron chi connectivity index (χ2n) is 11.3. The van der Waals surface area contributed by atoms with Gasteiger partial charge in [-0.15, -0.1) is 0 Å². The third-order valence-electron chi connectivity index (χ3n) is 8.37. The summed E-state index contributed by atoms with van der Waals surface area (Å²) in [6.07, 6.45) is 5.17. The summed E-state index contributed by atoms with van der Waals surface area (Å²) in [5.41, 5.74) is 2.05. The Morgan fingerprint density at radius 3 is 2.51 bits per heavy atom. The third-order valence-corrected chi connectivity index (χ3v) is 11.4. The monoisotopic (exact) mass is 554 g/mol. The van der Waals surface area contributed by atoms with Crippen LogP contribution in [0.5, 0.6) is 0 Å². The number of anilines is 2. The summed E-state index contributed by atoms with van der Waals surface area (Å²) >= 11 is 0. The van der Waals surface area contributed by atoms with E-state index in [1.165, 1.54) is 12.8 Å². The van der Waals surface area contributed by atoms with Crippen LogP contribution in [0.3, 0.4) is 0 Å². The lowest BCUT2D eigenvalue weighted by Crippen LogP contribution is -2.44. The highest BCUT2D eigenvalue weighted by molar-refractivity contribution is 7.93. The van der Waals surface area contributed by atoms with Gasteiger partial charge in [-0.05, 0) is 82.8 Å². The SMILES string of the molecule is C[C@H]1COCCN1c1cc(C2(S(=O)(=O)C3CC3)CC2)nc(-c2ccc(NC(=O)NCCN3CCCC3)cc2)n1. The number of benzene rings is 1. The molecular weight excluding hydrogens is 516 g/mol. The van der Waals surface area contributed by atoms with Crippen molar-refractivity contribution >= 4 is 27.4 Å². The zero-order chi connectivity index (χ0) is 27.0. The summed E-state index contributed by atoms with van der Waals surface area (Å²) in [5.74, 6) is 1.24. The van der Waals surface area contributed by atoms with Crippen LogP contribution in [0.25, 0.3) is 11.4 Å². The summed E-state index contributed by atoms with van der Waals surface area (Å²) in [7, 11) is -3.29. The number of nitrogens with one attached hydrogen (secondary N) is 2. The Kier molecular flexibility index (Phi) is 7.24. The average molecular weight is 555 g/mol. The third kappa shape index (κ3) is 5.49. The fraction of sp³-hybridized carbons (Fsp3) is 0.607. The van der Waals surface area contributed by atoms with Crippen LogP contribution in [0, 0.1) is 0 Å². The lowest BCUT2D eigenvalue weighted by molar-refractivity contribution is 0.0985. The molecule has 0 bridgehead atoms. The van der Waals surface area contributed by atoms with E-state index in [4.69, 9.17) is 14.7 Å². The molecule has 1 atom stereocenters. The van der Waals surface area contributed by atoms with Gasteiger partial charge in [-0.2, -0.15) is 0 Å². The normalized spacial score (nSPS) is 23.0. The van der Waals surface area contributed by atoms with Crippen molar-refractivity contribution in [2.24, 2.45) is 0 Å². The van der Waals surface area contributed by atoms with Crippen molar-refractivity contribution in [3.05, 3.63) is 36.0 Å². The number of aromatic nitrogens is 2. The van der Waals surface area contributed by atoms with E-state index in [0.29, 0.717) is 56.4 Å². The molecule has 210 valence electrons. The standard InChI is InChI=1S/C28H38N6O4S/c1-20-19-38-17-16-34(20)25-18-24(28(10-11-28)39(36,37)23-8-9-23)31-26(32-25)21-4-6-22(7-5-21)30-27(35)29-12-15-33-13-2-3-14-33/h4-7,18,20,23H,2-3,8-17,19H2,1H3,(H2,29,30,35)/t20-/m0/s1. The number of likely N-dealkylation sites (tertiary alicyclic amines) is 1. The fourth-order valence-corrected chi connectivity index (χ4v) is 8.18. The molecule has 2 saturated carbocycles. The number of ether oxygens (including phenoxy) is 1. The van der Waals surface area contributed by atoms with Crippen molar-refractivity contribution in [2.45, 2.75) is 61.5 Å². The molecule has 2 amide bonds. The largest absolute Gasteiger partial charge is 0.377 e. The van der Waals surface area contributed by atoms with Gasteiger partial charge in [-0.1, -0.05) is 0 Å². The summed E-state index contributed by atoms with van der Waals surface area (Å²) in [5, 5.41) is 5.57. The Balaban J connectivity index is 1.22. The zero-order valence-corrected chi connectivity index (χ0v) is 23.4. The molecule has 3 heterocycles. The highest BCUT2D eigenvalue weighted by Crippen LogP contribution is 2.57. The van der Waals surface area contributed by atoms with Gasteiger partial charge in [0.25, 0.3) is 0 Å². The maximum atomic E-state index is 13.4. The number of nitrogens with zero attached hydrogens (tertiary/aromatic N) is 4. The van der Waals surface area contributed by atoms with Crippen molar-refractivity contribution in [2.75, 3.05) is 56.2 Å². The van der Waals surface area contributed by atoms with Crippen molar-refractivity contribution in [1.82, 2.24) is 20.2 Å². The van der Waals surface area contributed by atoms with Gasteiger partial charge in [0.2, 0.25) is 0 Å². The van der Waals surface area contributed by atoms with Crippen LogP contribution in [0.1, 0.15) is 51.1 Å². The van der Waals surface area contributed by atoms with Crippen LogP contribution < -0.4 is 15.5 Å². The van der Waals surface area contributed by atoms with Crippen molar-refractivity contribution in [3.63, 3.8) is 0 Å². The number of rotatable bonds is 9. The van der Waals surface area contributed by atoms with E-state index >= 15 is 0 Å². The minimum absolute atomic E-state index is 0.125. The van der Waals surface area contributed by atoms with Gasteiger partial charge in [-0.25, -0.2) is 23.2 Å². The molecule has 4 fully saturated rings. The highest BCUT2D eigenvalue weighted by atomic mass is 32.2. The van der Waals surface area contributed by atoms with E-state index in [2.05, 4.69) is 27.4 Å². The van der Waals surface area contributed by atoms with Crippen molar-refractivity contribution in [1.29, 1.82) is 0 Å². The maximum Gasteiger partial charge on any atom is 0.319 e. The molecule has 1 aromatic heterocycles. The van der Waals surface area contributed by atoms with Gasteiger partial charge in [0.15, 0.2) is 15.7 Å². The molecule has 0 spiro atoms. The Bertz CT molecular complexity index is 1300. The minimum atomic E-state index is -3.29. The topological polar surface area (TPSA) is 117 Å². The van der Waals surface area contributed by atoms with E-state index in [9.17, 15) is 13.2 Å². The predicted octanol–water partition coefficient (Wildman–Crippen LogP) is 3.15. The number of urea groups is 1. The molecule has 6 rings (SSSR count). The number of hydrogen-bond acceptors (Lipinski definition) is 8. The van der Waals surface area contributed by atoms with E-state index in [1.807, 2.05) is 30.3 Å². The highest BCUT2D eigenvalue weighted by Gasteiger charge is 2.61. The molecule has 2 aromatic rings. The number of carbonyl (C=O) groups excluding carboxylic acids is 1. The van der Waals surface area contributed by atoms with Crippen LogP contribution in [-0.4, -0.2) is 86.5 Å². The molecule has 2 aliphatic carbocycles. The Hall–Kier alpha value is -2.76. The lowest BCUT2D eigenvalue weighted by Gasteiger charge is -2.34. The van der Waals surface area contributed by atoms with Gasteiger partial charge >= 0.3 is 6.03 Å². The molecular formula is C28H38N6O4S. The molecule has 39 heavy (non-hydrogen) atoms. The van der Waals surface area contributed by atoms with E-state index in [0.717, 1.165) is 43.9 Å². The first-order valence-corrected chi connectivity index (χ1v) is 15.8. The Morgan fingerprint density at radius 2 is 1.85 bits per heavy atom. The van der Waals surface area contributed by atoms with Gasteiger partial charge in [-0.3, -0.25) is 0 Å². The van der Waals surface area contributed by atoms with Crippen LogP contribution in [0.15, 0.2) is 30.3 Å². The van der Waals surface area contributed by atoms with Crippen LogP contribution >= 0.6 is 0 Å². The van der Waals surface area contributed by atoms with Crippen LogP contribution in [0.2, 0.25) is 0 Å². The van der Waals surface area contributed by atoms with Crippen LogP contribution in [-0.2, 0) is 19.3 Å². The number of amides is 2. The van der Waals surface area contributed by atoms with Gasteiger partial charge < -0.3 is 25.2 Å². The van der Waals surface area contributed by atoms with Crippen LogP contribution in [0.4, 0.5) is 16.3 Å². The number of hydrogen-bond donors (Lipinski definition) is 2. The quantitative estimate of drug-likeness (QED) is 0.486. The van der Waals surface area contributed by atoms with E-state index in [1.54, 1.807) is 0 Å². The average Bonchev–Trinajstić information content (AvgIpc) is 3.87. The summed E-state index contributed by atoms with van der Waals surface area (Å²) in [6, 6.07) is 9.19. The predicted molar refractivity (Wildman–Crippen MR) is 151 cm³/mol. The van der Waals surface area contributed by atoms with Gasteiger partial charge in [0.05, 0.1) is 30.2 Å². The van der Waals surface area contributed by atoms with E-state index in [-0.39, 0.29) is 17.3 Å². The number of sulfone groups is 1. The molecule has 10 nitrogen and oxygen atoms in total. The Morgan fingerprint density at radius 1 is 1.10 bits per heavy atom. The first-order valence-electron chi connectivity index (χ1n) is 14.2. The van der Waals surface area contributed by atoms with Crippen molar-refractivity contribution in [3.8, 4) is 11.4 Å². The minimum Gasteiger partial charge on any atom is -0.377 e. The van der Waals surface area contributed by atoms with E-state index < -0.39 is 14.6 Å². The maximum absolute atomic E-state index is 13.4. The Labute approximate surface area is 230 Å². The molecule has 2 saturated heterocycles. The first-order chi connectivity index (χ1) is 18.9. The molecule has 0 radical (unpaired) electrons. The molecule has 4 aliphatic rings. The molecule has 1 aromatic carbocycles. The van der Waals surface area contributed by atoms with Crippen molar-refractivity contribution < 1.29 is 17.9 Å². The first kappa shape index (κ1) is 26.5. The second-order valence-corrected chi connectivity index (χ2v) is 13.8. The van der Waals surface area contributed by atoms with Gasteiger partial charge in [0, 0.05) is 37.0 Å². The second kappa shape index (κ2) is 10.7. The summed E-state index contributed by atoms with van der Waals surface area (Å²) in [4.78, 5) is 26.6. The summed E-state index contributed by atoms with van der Waals surface area (Å²) in [6.45, 7) is 7.66. The smallest absolute Gasteiger partial charge is 0.319 e. The zero-order valence-electron chi connectivity index (χ0n) is 22.6.